The molecule has 2 fully saturated rings. The summed E-state index contributed by atoms with van der Waals surface area (Å²) in [7, 11) is 3.71. The minimum absolute atomic E-state index is 0.0262. The Bertz CT molecular complexity index is 2150. The van der Waals surface area contributed by atoms with Gasteiger partial charge in [0, 0.05) is 38.8 Å². The Morgan fingerprint density at radius 3 is 2.69 bits per heavy atom. The zero-order valence-corrected chi connectivity index (χ0v) is 31.4. The Labute approximate surface area is 319 Å². The van der Waals surface area contributed by atoms with Crippen molar-refractivity contribution in [2.24, 2.45) is 11.8 Å². The van der Waals surface area contributed by atoms with Gasteiger partial charge in [0.05, 0.1) is 17.7 Å². The average Bonchev–Trinajstić information content (AvgIpc) is 3.41. The van der Waals surface area contributed by atoms with Crippen LogP contribution in [0.4, 0.5) is 5.82 Å². The zero-order chi connectivity index (χ0) is 38.1. The molecule has 2 N–H and O–H groups in total. The summed E-state index contributed by atoms with van der Waals surface area (Å²) in [5.41, 5.74) is 0.584. The van der Waals surface area contributed by atoms with Crippen LogP contribution in [-0.4, -0.2) is 113 Å². The summed E-state index contributed by atoms with van der Waals surface area (Å²) in [6.07, 6.45) is 9.50. The molecule has 5 heterocycles. The smallest absolute Gasteiger partial charge is 0.274 e. The highest BCUT2D eigenvalue weighted by atomic mass is 79.9. The van der Waals surface area contributed by atoms with E-state index in [0.29, 0.717) is 27.6 Å². The van der Waals surface area contributed by atoms with E-state index in [0.717, 1.165) is 30.8 Å². The van der Waals surface area contributed by atoms with Crippen molar-refractivity contribution in [1.29, 1.82) is 0 Å². The number of halogens is 1. The number of pyridine rings is 1. The van der Waals surface area contributed by atoms with Crippen LogP contribution in [0.1, 0.15) is 46.4 Å². The van der Waals surface area contributed by atoms with E-state index < -0.39 is 29.7 Å². The Hall–Kier alpha value is -5.35. The van der Waals surface area contributed by atoms with Gasteiger partial charge >= 0.3 is 0 Å². The molecule has 2 unspecified atom stereocenters. The van der Waals surface area contributed by atoms with Crippen molar-refractivity contribution in [3.05, 3.63) is 92.5 Å². The summed E-state index contributed by atoms with van der Waals surface area (Å²) in [6, 6.07) is 9.11. The van der Waals surface area contributed by atoms with Gasteiger partial charge in [0.25, 0.3) is 23.3 Å². The van der Waals surface area contributed by atoms with Gasteiger partial charge in [-0.3, -0.25) is 43.4 Å². The first kappa shape index (κ1) is 37.0. The summed E-state index contributed by atoms with van der Waals surface area (Å²) in [4.78, 5) is 85.5. The van der Waals surface area contributed by atoms with Crippen LogP contribution in [0.2, 0.25) is 0 Å². The monoisotopic (exact) mass is 801 g/mol. The maximum atomic E-state index is 13.3. The first-order valence-electron chi connectivity index (χ1n) is 17.8. The van der Waals surface area contributed by atoms with Crippen molar-refractivity contribution >= 4 is 56.9 Å². The number of hydrogen-bond acceptors (Lipinski definition) is 11. The van der Waals surface area contributed by atoms with E-state index in [1.165, 1.54) is 15.4 Å². The molecular formula is C38H40BrN7O8. The minimum atomic E-state index is -1.08. The number of carbonyl (C=O) groups is 5. The number of ether oxygens (including phenoxy) is 2. The number of carbonyl (C=O) groups excluding carboxylic acids is 5. The topological polar surface area (TPSA) is 172 Å². The number of piperidine rings is 2. The van der Waals surface area contributed by atoms with Crippen molar-refractivity contribution in [3.63, 3.8) is 0 Å². The molecule has 3 aliphatic heterocycles. The van der Waals surface area contributed by atoms with Crippen LogP contribution in [0, 0.1) is 11.8 Å². The Morgan fingerprint density at radius 1 is 1.07 bits per heavy atom. The number of imide groups is 2. The first-order valence-corrected chi connectivity index (χ1v) is 18.6. The van der Waals surface area contributed by atoms with E-state index in [4.69, 9.17) is 9.47 Å². The first-order chi connectivity index (χ1) is 26.0. The molecule has 282 valence electrons. The maximum Gasteiger partial charge on any atom is 0.274 e. The van der Waals surface area contributed by atoms with E-state index in [1.54, 1.807) is 37.5 Å². The van der Waals surface area contributed by atoms with Gasteiger partial charge in [-0.05, 0) is 90.5 Å². The van der Waals surface area contributed by atoms with E-state index in [-0.39, 0.29) is 72.9 Å². The molecule has 1 aromatic carbocycles. The molecule has 2 aromatic heterocycles. The average molecular weight is 803 g/mol. The number of fused-ring (bicyclic) bond motifs is 2. The van der Waals surface area contributed by atoms with E-state index >= 15 is 0 Å². The lowest BCUT2D eigenvalue weighted by atomic mass is 9.80. The van der Waals surface area contributed by atoms with Crippen LogP contribution in [-0.2, 0) is 19.1 Å². The molecule has 5 amide bonds. The second-order valence-corrected chi connectivity index (χ2v) is 14.8. The molecule has 3 aromatic rings. The molecule has 7 rings (SSSR count). The number of likely N-dealkylation sites (tertiary alicyclic amines) is 1. The number of allylic oxidation sites excluding steroid dienone is 3. The summed E-state index contributed by atoms with van der Waals surface area (Å²) >= 11 is 3.45. The zero-order valence-electron chi connectivity index (χ0n) is 29.8. The normalized spacial score (nSPS) is 22.9. The summed E-state index contributed by atoms with van der Waals surface area (Å²) in [5.74, 6) is -0.723. The molecule has 4 atom stereocenters. The lowest BCUT2D eigenvalue weighted by molar-refractivity contribution is -0.136. The molecule has 0 spiro atoms. The van der Waals surface area contributed by atoms with Gasteiger partial charge in [-0.1, -0.05) is 18.2 Å². The van der Waals surface area contributed by atoms with Crippen LogP contribution in [0.5, 0.6) is 5.75 Å². The lowest BCUT2D eigenvalue weighted by Crippen LogP contribution is -2.54. The number of likely N-dealkylation sites (N-methyl/N-ethyl adjacent to an activating group) is 2. The quantitative estimate of drug-likeness (QED) is 0.273. The molecule has 4 aliphatic rings. The molecular weight excluding hydrogens is 762 g/mol. The summed E-state index contributed by atoms with van der Waals surface area (Å²) in [6.45, 7) is 1.80. The highest BCUT2D eigenvalue weighted by Crippen LogP contribution is 2.34. The van der Waals surface area contributed by atoms with Gasteiger partial charge in [0.1, 0.15) is 40.1 Å². The molecule has 54 heavy (non-hydrogen) atoms. The predicted octanol–water partition coefficient (Wildman–Crippen LogP) is 2.60. The molecule has 16 heteroatoms. The van der Waals surface area contributed by atoms with Gasteiger partial charge in [-0.2, -0.15) is 0 Å². The Kier molecular flexibility index (Phi) is 10.7. The minimum Gasteiger partial charge on any atom is -0.491 e. The number of anilines is 1. The van der Waals surface area contributed by atoms with Crippen LogP contribution in [0.15, 0.2) is 75.8 Å². The number of nitrogens with one attached hydrogen (secondary N) is 2. The fraction of sp³-hybridized carbons (Fsp3) is 0.395. The molecule has 0 radical (unpaired) electrons. The highest BCUT2D eigenvalue weighted by molar-refractivity contribution is 9.10. The molecule has 0 bridgehead atoms. The number of rotatable bonds is 11. The molecule has 0 saturated carbocycles. The van der Waals surface area contributed by atoms with Crippen LogP contribution >= 0.6 is 15.9 Å². The number of benzene rings is 1. The van der Waals surface area contributed by atoms with Crippen molar-refractivity contribution in [3.8, 4) is 5.75 Å². The van der Waals surface area contributed by atoms with Gasteiger partial charge < -0.3 is 24.6 Å². The van der Waals surface area contributed by atoms with Crippen molar-refractivity contribution in [2.45, 2.75) is 37.8 Å². The standard InChI is InChI=1S/C38H40BrN7O8/c1-43-19-23(18-24(20-43)40-34-33(39)38(52)45-15-4-3-8-29(45)41-34)22-9-11-25(12-10-22)54-21-31(48)44(2)16-17-53-28-7-5-6-26-32(28)37(51)46(36(26)50)27-13-14-30(47)42-35(27)49/h3-9,11-12,15,22-24,27,40H,10,13-14,16-21H2,1-2H3,(H,42,47,49)/t22?,23-,24+,27?/m0/s1. The third-order valence-corrected chi connectivity index (χ3v) is 11.0. The van der Waals surface area contributed by atoms with Crippen molar-refractivity contribution < 1.29 is 33.4 Å². The van der Waals surface area contributed by atoms with Crippen molar-refractivity contribution in [1.82, 2.24) is 29.4 Å². The maximum absolute atomic E-state index is 13.3. The largest absolute Gasteiger partial charge is 0.491 e. The van der Waals surface area contributed by atoms with Crippen LogP contribution in [0.3, 0.4) is 0 Å². The van der Waals surface area contributed by atoms with Gasteiger partial charge in [-0.25, -0.2) is 4.98 Å². The number of hydrogen-bond donors (Lipinski definition) is 2. The summed E-state index contributed by atoms with van der Waals surface area (Å²) < 4.78 is 13.6. The molecule has 1 aliphatic carbocycles. The van der Waals surface area contributed by atoms with Gasteiger partial charge in [-0.15, -0.1) is 0 Å². The van der Waals surface area contributed by atoms with Crippen molar-refractivity contribution in [2.75, 3.05) is 52.3 Å². The second-order valence-electron chi connectivity index (χ2n) is 14.0. The van der Waals surface area contributed by atoms with Gasteiger partial charge in [0.2, 0.25) is 11.8 Å². The summed E-state index contributed by atoms with van der Waals surface area (Å²) in [5, 5.41) is 5.69. The number of nitrogens with zero attached hydrogens (tertiary/aromatic N) is 5. The SMILES string of the molecule is CN1C[C@H](Nc2nc3ccccn3c(=O)c2Br)C[C@H](C2C=CC(OCC(=O)N(C)CCOc3cccc4c3C(=O)N(C3CCC(=O)NC3=O)C4=O)=CC2)C1. The number of aromatic nitrogens is 2. The third kappa shape index (κ3) is 7.53. The number of amides is 5. The lowest BCUT2D eigenvalue weighted by Gasteiger charge is -2.39. The Balaban J connectivity index is 0.877. The molecule has 15 nitrogen and oxygen atoms in total. The van der Waals surface area contributed by atoms with E-state index in [2.05, 4.69) is 49.6 Å². The second kappa shape index (κ2) is 15.6. The third-order valence-electron chi connectivity index (χ3n) is 10.3. The van der Waals surface area contributed by atoms with Gasteiger partial charge in [0.15, 0.2) is 6.61 Å². The predicted molar refractivity (Wildman–Crippen MR) is 200 cm³/mol. The van der Waals surface area contributed by atoms with Crippen LogP contribution in [0.25, 0.3) is 5.65 Å². The van der Waals surface area contributed by atoms with E-state index in [1.807, 2.05) is 18.2 Å². The highest BCUT2D eigenvalue weighted by Gasteiger charge is 2.46. The fourth-order valence-electron chi connectivity index (χ4n) is 7.49. The molecule has 2 saturated heterocycles. The Morgan fingerprint density at radius 2 is 1.91 bits per heavy atom. The van der Waals surface area contributed by atoms with E-state index in [9.17, 15) is 28.8 Å². The fourth-order valence-corrected chi connectivity index (χ4v) is 7.88. The van der Waals surface area contributed by atoms with Crippen LogP contribution < -0.4 is 20.9 Å².